The van der Waals surface area contributed by atoms with Crippen molar-refractivity contribution in [2.24, 2.45) is 5.73 Å². The Labute approximate surface area is 78.9 Å². The number of benzene rings is 1. The molecule has 0 saturated carbocycles. The van der Waals surface area contributed by atoms with Crippen LogP contribution in [0.1, 0.15) is 5.56 Å². The lowest BCUT2D eigenvalue weighted by atomic mass is 10.2. The first-order valence-electron chi connectivity index (χ1n) is 4.09. The highest BCUT2D eigenvalue weighted by molar-refractivity contribution is 7.92. The Balaban J connectivity index is 3.02. The van der Waals surface area contributed by atoms with Crippen LogP contribution in [0.5, 0.6) is 0 Å². The summed E-state index contributed by atoms with van der Waals surface area (Å²) >= 11 is 0. The first kappa shape index (κ1) is 10.2. The standard InChI is InChI=1S/C9H14N2OS/c1-8-2-4-9(5-3-8)13(11,12)7-6-10/h2-5,11H,6-7,10H2,1H3. The summed E-state index contributed by atoms with van der Waals surface area (Å²) in [4.78, 5) is 0.573. The summed E-state index contributed by atoms with van der Waals surface area (Å²) in [5.41, 5.74) is 6.39. The fourth-order valence-corrected chi connectivity index (χ4v) is 2.19. The second kappa shape index (κ2) is 3.89. The Morgan fingerprint density at radius 1 is 1.38 bits per heavy atom. The molecule has 1 aromatic carbocycles. The molecule has 0 bridgehead atoms. The summed E-state index contributed by atoms with van der Waals surface area (Å²) in [6.45, 7) is 2.24. The highest BCUT2D eigenvalue weighted by atomic mass is 32.2. The molecule has 0 aliphatic rings. The van der Waals surface area contributed by atoms with Gasteiger partial charge in [0.2, 0.25) is 0 Å². The van der Waals surface area contributed by atoms with Crippen LogP contribution in [-0.4, -0.2) is 16.5 Å². The third-order valence-electron chi connectivity index (χ3n) is 1.81. The van der Waals surface area contributed by atoms with Gasteiger partial charge in [-0.05, 0) is 19.1 Å². The largest absolute Gasteiger partial charge is 0.330 e. The van der Waals surface area contributed by atoms with Crippen LogP contribution in [-0.2, 0) is 9.73 Å². The molecule has 1 aromatic rings. The molecule has 0 fully saturated rings. The Hall–Kier alpha value is -0.870. The van der Waals surface area contributed by atoms with E-state index in [0.29, 0.717) is 4.90 Å². The fourth-order valence-electron chi connectivity index (χ4n) is 1.04. The van der Waals surface area contributed by atoms with Gasteiger partial charge in [-0.3, -0.25) is 0 Å². The molecule has 0 spiro atoms. The van der Waals surface area contributed by atoms with E-state index in [1.54, 1.807) is 12.1 Å². The average molecular weight is 198 g/mol. The molecule has 0 amide bonds. The second-order valence-corrected chi connectivity index (χ2v) is 5.21. The van der Waals surface area contributed by atoms with E-state index >= 15 is 0 Å². The molecule has 0 aliphatic carbocycles. The first-order valence-corrected chi connectivity index (χ1v) is 5.82. The van der Waals surface area contributed by atoms with Crippen molar-refractivity contribution in [2.45, 2.75) is 11.8 Å². The first-order chi connectivity index (χ1) is 6.06. The van der Waals surface area contributed by atoms with E-state index in [2.05, 4.69) is 0 Å². The van der Waals surface area contributed by atoms with Gasteiger partial charge in [-0.1, -0.05) is 17.7 Å². The average Bonchev–Trinajstić information content (AvgIpc) is 2.05. The lowest BCUT2D eigenvalue weighted by molar-refractivity contribution is 0.674. The van der Waals surface area contributed by atoms with Crippen molar-refractivity contribution in [3.63, 3.8) is 0 Å². The van der Waals surface area contributed by atoms with Gasteiger partial charge in [0.1, 0.15) is 0 Å². The Morgan fingerprint density at radius 3 is 2.38 bits per heavy atom. The Bertz CT molecular complexity index is 367. The molecule has 72 valence electrons. The Kier molecular flexibility index (Phi) is 3.06. The molecule has 0 aliphatic heterocycles. The van der Waals surface area contributed by atoms with E-state index in [1.165, 1.54) is 0 Å². The van der Waals surface area contributed by atoms with E-state index in [0.717, 1.165) is 5.56 Å². The van der Waals surface area contributed by atoms with Gasteiger partial charge in [0.25, 0.3) is 0 Å². The molecule has 0 radical (unpaired) electrons. The van der Waals surface area contributed by atoms with Crippen molar-refractivity contribution in [3.05, 3.63) is 29.8 Å². The summed E-state index contributed by atoms with van der Waals surface area (Å²) in [5, 5.41) is 0. The summed E-state index contributed by atoms with van der Waals surface area (Å²) in [5.74, 6) is 0.232. The molecule has 0 heterocycles. The molecule has 13 heavy (non-hydrogen) atoms. The topological polar surface area (TPSA) is 66.9 Å². The van der Waals surface area contributed by atoms with Gasteiger partial charge in [-0.25, -0.2) is 8.99 Å². The molecule has 3 N–H and O–H groups in total. The van der Waals surface area contributed by atoms with Crippen LogP contribution in [0.2, 0.25) is 0 Å². The number of hydrogen-bond acceptors (Lipinski definition) is 3. The van der Waals surface area contributed by atoms with Crippen molar-refractivity contribution in [1.29, 1.82) is 4.78 Å². The van der Waals surface area contributed by atoms with E-state index in [9.17, 15) is 4.21 Å². The van der Waals surface area contributed by atoms with Gasteiger partial charge in [-0.2, -0.15) is 0 Å². The van der Waals surface area contributed by atoms with E-state index in [4.69, 9.17) is 10.5 Å². The molecular weight excluding hydrogens is 184 g/mol. The van der Waals surface area contributed by atoms with Crippen molar-refractivity contribution < 1.29 is 4.21 Å². The number of nitrogens with two attached hydrogens (primary N) is 1. The maximum atomic E-state index is 11.7. The highest BCUT2D eigenvalue weighted by Gasteiger charge is 2.07. The lowest BCUT2D eigenvalue weighted by Gasteiger charge is -2.05. The quantitative estimate of drug-likeness (QED) is 0.770. The molecular formula is C9H14N2OS. The van der Waals surface area contributed by atoms with Gasteiger partial charge in [-0.15, -0.1) is 0 Å². The van der Waals surface area contributed by atoms with Crippen molar-refractivity contribution in [1.82, 2.24) is 0 Å². The molecule has 0 aromatic heterocycles. The minimum atomic E-state index is -2.65. The van der Waals surface area contributed by atoms with Gasteiger partial charge in [0.15, 0.2) is 0 Å². The van der Waals surface area contributed by atoms with Crippen LogP contribution in [0.25, 0.3) is 0 Å². The summed E-state index contributed by atoms with van der Waals surface area (Å²) in [7, 11) is -2.65. The maximum Gasteiger partial charge on any atom is 0.0738 e. The SMILES string of the molecule is Cc1ccc(S(=N)(=O)CCN)cc1. The van der Waals surface area contributed by atoms with Crippen LogP contribution >= 0.6 is 0 Å². The molecule has 1 unspecified atom stereocenters. The number of rotatable bonds is 3. The van der Waals surface area contributed by atoms with Crippen LogP contribution in [0, 0.1) is 11.7 Å². The van der Waals surface area contributed by atoms with E-state index in [-0.39, 0.29) is 12.3 Å². The third kappa shape index (κ3) is 2.54. The summed E-state index contributed by atoms with van der Waals surface area (Å²) < 4.78 is 19.3. The summed E-state index contributed by atoms with van der Waals surface area (Å²) in [6.07, 6.45) is 0. The normalized spacial score (nSPS) is 15.2. The predicted octanol–water partition coefficient (Wildman–Crippen LogP) is 1.36. The van der Waals surface area contributed by atoms with E-state index in [1.807, 2.05) is 19.1 Å². The predicted molar refractivity (Wildman–Crippen MR) is 54.2 cm³/mol. The summed E-state index contributed by atoms with van der Waals surface area (Å²) in [6, 6.07) is 7.20. The monoisotopic (exact) mass is 198 g/mol. The molecule has 1 atom stereocenters. The number of nitrogens with one attached hydrogen (secondary N) is 1. The fraction of sp³-hybridized carbons (Fsp3) is 0.333. The molecule has 1 rings (SSSR count). The third-order valence-corrected chi connectivity index (χ3v) is 3.65. The maximum absolute atomic E-state index is 11.7. The number of aryl methyl sites for hydroxylation is 1. The Morgan fingerprint density at radius 2 is 1.92 bits per heavy atom. The van der Waals surface area contributed by atoms with Crippen LogP contribution in [0.3, 0.4) is 0 Å². The van der Waals surface area contributed by atoms with Gasteiger partial charge in [0, 0.05) is 17.2 Å². The smallest absolute Gasteiger partial charge is 0.0738 e. The molecule has 0 saturated heterocycles. The van der Waals surface area contributed by atoms with Gasteiger partial charge < -0.3 is 5.73 Å². The van der Waals surface area contributed by atoms with Crippen molar-refractivity contribution in [3.8, 4) is 0 Å². The number of hydrogen-bond donors (Lipinski definition) is 2. The zero-order valence-corrected chi connectivity index (χ0v) is 8.43. The molecule has 3 nitrogen and oxygen atoms in total. The minimum absolute atomic E-state index is 0.232. The lowest BCUT2D eigenvalue weighted by Crippen LogP contribution is -2.14. The van der Waals surface area contributed by atoms with Crippen LogP contribution in [0.4, 0.5) is 0 Å². The zero-order chi connectivity index (χ0) is 9.90. The second-order valence-electron chi connectivity index (χ2n) is 2.98. The van der Waals surface area contributed by atoms with Crippen LogP contribution in [0.15, 0.2) is 29.2 Å². The van der Waals surface area contributed by atoms with Gasteiger partial charge in [0.05, 0.1) is 9.73 Å². The van der Waals surface area contributed by atoms with Gasteiger partial charge >= 0.3 is 0 Å². The van der Waals surface area contributed by atoms with Crippen molar-refractivity contribution >= 4 is 9.73 Å². The minimum Gasteiger partial charge on any atom is -0.330 e. The van der Waals surface area contributed by atoms with Crippen LogP contribution < -0.4 is 5.73 Å². The molecule has 4 heteroatoms. The van der Waals surface area contributed by atoms with E-state index < -0.39 is 9.73 Å². The zero-order valence-electron chi connectivity index (χ0n) is 7.62. The van der Waals surface area contributed by atoms with Crippen molar-refractivity contribution in [2.75, 3.05) is 12.3 Å². The highest BCUT2D eigenvalue weighted by Crippen LogP contribution is 2.12.